The van der Waals surface area contributed by atoms with Crippen molar-refractivity contribution in [2.75, 3.05) is 21.3 Å². The zero-order chi connectivity index (χ0) is 23.3. The van der Waals surface area contributed by atoms with Gasteiger partial charge < -0.3 is 19.1 Å². The molecule has 2 aromatic carbocycles. The summed E-state index contributed by atoms with van der Waals surface area (Å²) in [5.74, 6) is 2.86. The van der Waals surface area contributed by atoms with Crippen LogP contribution in [0, 0.1) is 6.92 Å². The van der Waals surface area contributed by atoms with E-state index in [9.17, 15) is 4.79 Å². The normalized spacial score (nSPS) is 10.8. The fourth-order valence-corrected chi connectivity index (χ4v) is 3.28. The molecule has 0 aliphatic carbocycles. The summed E-state index contributed by atoms with van der Waals surface area (Å²) in [6, 6.07) is 15.1. The van der Waals surface area contributed by atoms with Crippen LogP contribution in [0.5, 0.6) is 23.1 Å². The molecule has 0 aliphatic rings. The summed E-state index contributed by atoms with van der Waals surface area (Å²) in [5.41, 5.74) is 2.57. The Kier molecular flexibility index (Phi) is 7.41. The lowest BCUT2D eigenvalue weighted by Crippen LogP contribution is -2.33. The van der Waals surface area contributed by atoms with Gasteiger partial charge in [0.25, 0.3) is 0 Å². The first-order chi connectivity index (χ1) is 15.3. The number of carbonyl (C=O) groups excluding carboxylic acids is 1. The summed E-state index contributed by atoms with van der Waals surface area (Å²) in [4.78, 5) is 14.3. The van der Waals surface area contributed by atoms with Gasteiger partial charge in [-0.25, -0.2) is 4.68 Å². The number of hydrogen-bond donors (Lipinski definition) is 0. The Morgan fingerprint density at radius 3 is 2.03 bits per heavy atom. The van der Waals surface area contributed by atoms with E-state index in [1.165, 1.54) is 0 Å². The van der Waals surface area contributed by atoms with Gasteiger partial charge in [0.2, 0.25) is 11.8 Å². The minimum atomic E-state index is 0.0898. The van der Waals surface area contributed by atoms with Gasteiger partial charge in [-0.2, -0.15) is 5.10 Å². The SMILES string of the molecule is COc1ccc(Oc2c(CCC(=O)N(C)C(C)C)c(C)nn2-c2ccc(OC)cc2)cc1. The highest BCUT2D eigenvalue weighted by molar-refractivity contribution is 5.76. The van der Waals surface area contributed by atoms with Crippen LogP contribution in [-0.4, -0.2) is 47.9 Å². The monoisotopic (exact) mass is 437 g/mol. The van der Waals surface area contributed by atoms with Crippen molar-refractivity contribution in [3.63, 3.8) is 0 Å². The average molecular weight is 438 g/mol. The molecule has 7 heteroatoms. The van der Waals surface area contributed by atoms with E-state index in [2.05, 4.69) is 0 Å². The summed E-state index contributed by atoms with van der Waals surface area (Å²) in [6.45, 7) is 5.94. The van der Waals surface area contributed by atoms with Gasteiger partial charge in [0.15, 0.2) is 0 Å². The molecule has 32 heavy (non-hydrogen) atoms. The number of aromatic nitrogens is 2. The third-order valence-electron chi connectivity index (χ3n) is 5.49. The first kappa shape index (κ1) is 23.2. The molecule has 1 aromatic heterocycles. The molecule has 170 valence electrons. The van der Waals surface area contributed by atoms with E-state index in [0.29, 0.717) is 24.5 Å². The summed E-state index contributed by atoms with van der Waals surface area (Å²) < 4.78 is 18.6. The maximum atomic E-state index is 12.6. The Morgan fingerprint density at radius 1 is 0.969 bits per heavy atom. The van der Waals surface area contributed by atoms with E-state index in [1.54, 1.807) is 23.8 Å². The third-order valence-corrected chi connectivity index (χ3v) is 5.49. The molecule has 0 bridgehead atoms. The number of carbonyl (C=O) groups is 1. The van der Waals surface area contributed by atoms with E-state index in [0.717, 1.165) is 28.4 Å². The number of benzene rings is 2. The van der Waals surface area contributed by atoms with Crippen LogP contribution in [0.3, 0.4) is 0 Å². The van der Waals surface area contributed by atoms with E-state index in [-0.39, 0.29) is 11.9 Å². The van der Waals surface area contributed by atoms with Crippen molar-refractivity contribution in [1.29, 1.82) is 0 Å². The zero-order valence-electron chi connectivity index (χ0n) is 19.6. The molecular formula is C25H31N3O4. The van der Waals surface area contributed by atoms with Gasteiger partial charge >= 0.3 is 0 Å². The molecule has 0 aliphatic heterocycles. The van der Waals surface area contributed by atoms with Gasteiger partial charge in [-0.15, -0.1) is 0 Å². The molecule has 0 radical (unpaired) electrons. The summed E-state index contributed by atoms with van der Waals surface area (Å²) in [5, 5.41) is 4.73. The number of rotatable bonds is 9. The Balaban J connectivity index is 1.96. The van der Waals surface area contributed by atoms with Crippen LogP contribution in [-0.2, 0) is 11.2 Å². The number of methoxy groups -OCH3 is 2. The first-order valence-corrected chi connectivity index (χ1v) is 10.6. The van der Waals surface area contributed by atoms with E-state index < -0.39 is 0 Å². The van der Waals surface area contributed by atoms with Crippen LogP contribution in [0.15, 0.2) is 48.5 Å². The maximum absolute atomic E-state index is 12.6. The molecule has 3 aromatic rings. The van der Waals surface area contributed by atoms with E-state index in [1.807, 2.05) is 76.3 Å². The predicted molar refractivity (Wildman–Crippen MR) is 124 cm³/mol. The maximum Gasteiger partial charge on any atom is 0.226 e. The smallest absolute Gasteiger partial charge is 0.226 e. The molecule has 0 atom stereocenters. The Labute approximate surface area is 189 Å². The van der Waals surface area contributed by atoms with Crippen LogP contribution in [0.4, 0.5) is 0 Å². The Bertz CT molecular complexity index is 1040. The number of nitrogens with zero attached hydrogens (tertiary/aromatic N) is 3. The molecule has 0 N–H and O–H groups in total. The van der Waals surface area contributed by atoms with Crippen molar-refractivity contribution in [2.24, 2.45) is 0 Å². The van der Waals surface area contributed by atoms with Crippen LogP contribution in [0.2, 0.25) is 0 Å². The van der Waals surface area contributed by atoms with Crippen molar-refractivity contribution in [3.8, 4) is 28.8 Å². The van der Waals surface area contributed by atoms with Crippen LogP contribution in [0.25, 0.3) is 5.69 Å². The minimum absolute atomic E-state index is 0.0898. The highest BCUT2D eigenvalue weighted by atomic mass is 16.5. The molecule has 7 nitrogen and oxygen atoms in total. The molecular weight excluding hydrogens is 406 g/mol. The van der Waals surface area contributed by atoms with Crippen molar-refractivity contribution in [2.45, 2.75) is 39.7 Å². The highest BCUT2D eigenvalue weighted by Crippen LogP contribution is 2.32. The third kappa shape index (κ3) is 5.22. The van der Waals surface area contributed by atoms with E-state index in [4.69, 9.17) is 19.3 Å². The van der Waals surface area contributed by atoms with Crippen molar-refractivity contribution in [1.82, 2.24) is 14.7 Å². The molecule has 1 heterocycles. The molecule has 0 fully saturated rings. The standard InChI is InChI=1S/C25H31N3O4/c1-17(2)27(4)24(29)16-15-23-18(3)26-28(19-7-9-20(30-5)10-8-19)25(23)32-22-13-11-21(31-6)12-14-22/h7-14,17H,15-16H2,1-6H3. The average Bonchev–Trinajstić information content (AvgIpc) is 3.12. The van der Waals surface area contributed by atoms with Gasteiger partial charge in [0.1, 0.15) is 17.2 Å². The van der Waals surface area contributed by atoms with Crippen LogP contribution in [0.1, 0.15) is 31.5 Å². The largest absolute Gasteiger partial charge is 0.497 e. The lowest BCUT2D eigenvalue weighted by molar-refractivity contribution is -0.131. The molecule has 0 saturated carbocycles. The van der Waals surface area contributed by atoms with Gasteiger partial charge in [-0.3, -0.25) is 4.79 Å². The molecule has 1 amide bonds. The second-order valence-corrected chi connectivity index (χ2v) is 7.85. The Morgan fingerprint density at radius 2 is 1.50 bits per heavy atom. The lowest BCUT2D eigenvalue weighted by Gasteiger charge is -2.21. The summed E-state index contributed by atoms with van der Waals surface area (Å²) in [7, 11) is 5.09. The highest BCUT2D eigenvalue weighted by Gasteiger charge is 2.21. The summed E-state index contributed by atoms with van der Waals surface area (Å²) in [6.07, 6.45) is 0.909. The lowest BCUT2D eigenvalue weighted by atomic mass is 10.1. The quantitative estimate of drug-likeness (QED) is 0.482. The van der Waals surface area contributed by atoms with Gasteiger partial charge in [0.05, 0.1) is 25.6 Å². The molecule has 0 spiro atoms. The molecule has 0 saturated heterocycles. The predicted octanol–water partition coefficient (Wildman–Crippen LogP) is 4.79. The van der Waals surface area contributed by atoms with Crippen molar-refractivity contribution in [3.05, 3.63) is 59.8 Å². The second-order valence-electron chi connectivity index (χ2n) is 7.85. The number of hydrogen-bond acceptors (Lipinski definition) is 5. The fourth-order valence-electron chi connectivity index (χ4n) is 3.28. The molecule has 3 rings (SSSR count). The molecule has 0 unspecified atom stereocenters. The second kappa shape index (κ2) is 10.2. The number of aryl methyl sites for hydroxylation is 1. The van der Waals surface area contributed by atoms with Crippen LogP contribution < -0.4 is 14.2 Å². The fraction of sp³-hybridized carbons (Fsp3) is 0.360. The topological polar surface area (TPSA) is 65.8 Å². The minimum Gasteiger partial charge on any atom is -0.497 e. The van der Waals surface area contributed by atoms with Gasteiger partial charge in [0, 0.05) is 25.1 Å². The van der Waals surface area contributed by atoms with Gasteiger partial charge in [-0.1, -0.05) is 0 Å². The van der Waals surface area contributed by atoms with E-state index >= 15 is 0 Å². The van der Waals surface area contributed by atoms with Gasteiger partial charge in [-0.05, 0) is 75.7 Å². The number of ether oxygens (including phenoxy) is 3. The first-order valence-electron chi connectivity index (χ1n) is 10.6. The summed E-state index contributed by atoms with van der Waals surface area (Å²) >= 11 is 0. The number of amides is 1. The van der Waals surface area contributed by atoms with Crippen LogP contribution >= 0.6 is 0 Å². The van der Waals surface area contributed by atoms with Crippen molar-refractivity contribution < 1.29 is 19.0 Å². The zero-order valence-corrected chi connectivity index (χ0v) is 19.6. The Hall–Kier alpha value is -3.48. The van der Waals surface area contributed by atoms with Crippen molar-refractivity contribution >= 4 is 5.91 Å².